The maximum atomic E-state index is 13.2. The lowest BCUT2D eigenvalue weighted by atomic mass is 10.1. The SMILES string of the molecule is Cc1ccc(F)cc1C(=O)Nc1c(O)cccc1[N+](=O)[O-]. The third kappa shape index (κ3) is 2.97. The van der Waals surface area contributed by atoms with Crippen LogP contribution in [0, 0.1) is 22.9 Å². The van der Waals surface area contributed by atoms with Crippen molar-refractivity contribution in [2.75, 3.05) is 5.32 Å². The molecule has 0 saturated heterocycles. The fraction of sp³-hybridized carbons (Fsp3) is 0.0714. The Kier molecular flexibility index (Phi) is 3.84. The van der Waals surface area contributed by atoms with Gasteiger partial charge in [-0.3, -0.25) is 14.9 Å². The van der Waals surface area contributed by atoms with Gasteiger partial charge in [0.05, 0.1) is 4.92 Å². The molecule has 0 aliphatic heterocycles. The number of carbonyl (C=O) groups excluding carboxylic acids is 1. The summed E-state index contributed by atoms with van der Waals surface area (Å²) in [6.07, 6.45) is 0. The van der Waals surface area contributed by atoms with Gasteiger partial charge in [0.25, 0.3) is 11.6 Å². The Hall–Kier alpha value is -2.96. The van der Waals surface area contributed by atoms with E-state index < -0.39 is 28.1 Å². The number of anilines is 1. The number of phenols is 1. The molecule has 0 fully saturated rings. The van der Waals surface area contributed by atoms with Crippen LogP contribution in [0.2, 0.25) is 0 Å². The number of aromatic hydroxyl groups is 1. The van der Waals surface area contributed by atoms with E-state index in [0.29, 0.717) is 5.56 Å². The fourth-order valence-electron chi connectivity index (χ4n) is 1.83. The van der Waals surface area contributed by atoms with Crippen LogP contribution in [0.5, 0.6) is 5.75 Å². The number of nitrogens with one attached hydrogen (secondary N) is 1. The van der Waals surface area contributed by atoms with E-state index in [1.165, 1.54) is 24.3 Å². The molecule has 0 aliphatic rings. The lowest BCUT2D eigenvalue weighted by molar-refractivity contribution is -0.384. The summed E-state index contributed by atoms with van der Waals surface area (Å²) < 4.78 is 13.2. The summed E-state index contributed by atoms with van der Waals surface area (Å²) >= 11 is 0. The summed E-state index contributed by atoms with van der Waals surface area (Å²) in [4.78, 5) is 22.3. The van der Waals surface area contributed by atoms with Gasteiger partial charge in [0.2, 0.25) is 0 Å². The van der Waals surface area contributed by atoms with Crippen molar-refractivity contribution >= 4 is 17.3 Å². The lowest BCUT2D eigenvalue weighted by Crippen LogP contribution is -2.15. The van der Waals surface area contributed by atoms with Crippen molar-refractivity contribution in [1.82, 2.24) is 0 Å². The molecule has 0 radical (unpaired) electrons. The molecule has 2 aromatic carbocycles. The summed E-state index contributed by atoms with van der Waals surface area (Å²) in [7, 11) is 0. The topological polar surface area (TPSA) is 92.5 Å². The highest BCUT2D eigenvalue weighted by Gasteiger charge is 2.21. The molecule has 0 aromatic heterocycles. The zero-order valence-electron chi connectivity index (χ0n) is 11.0. The van der Waals surface area contributed by atoms with Crippen LogP contribution in [0.25, 0.3) is 0 Å². The molecule has 0 spiro atoms. The second-order valence-corrected chi connectivity index (χ2v) is 4.34. The van der Waals surface area contributed by atoms with Gasteiger partial charge < -0.3 is 10.4 Å². The minimum atomic E-state index is -0.739. The summed E-state index contributed by atoms with van der Waals surface area (Å²) in [5.74, 6) is -1.78. The van der Waals surface area contributed by atoms with Gasteiger partial charge >= 0.3 is 0 Å². The number of rotatable bonds is 3. The Morgan fingerprint density at radius 2 is 2.05 bits per heavy atom. The quantitative estimate of drug-likeness (QED) is 0.516. The minimum absolute atomic E-state index is 0.0348. The smallest absolute Gasteiger partial charge is 0.296 e. The molecule has 7 heteroatoms. The van der Waals surface area contributed by atoms with Crippen LogP contribution in [-0.2, 0) is 0 Å². The fourth-order valence-corrected chi connectivity index (χ4v) is 1.83. The molecule has 0 unspecified atom stereocenters. The van der Waals surface area contributed by atoms with Crippen LogP contribution >= 0.6 is 0 Å². The van der Waals surface area contributed by atoms with Gasteiger partial charge in [-0.1, -0.05) is 12.1 Å². The van der Waals surface area contributed by atoms with Gasteiger partial charge in [0.15, 0.2) is 5.69 Å². The second-order valence-electron chi connectivity index (χ2n) is 4.34. The van der Waals surface area contributed by atoms with Gasteiger partial charge in [-0.15, -0.1) is 0 Å². The van der Waals surface area contributed by atoms with E-state index in [1.807, 2.05) is 0 Å². The van der Waals surface area contributed by atoms with Gasteiger partial charge in [-0.05, 0) is 30.7 Å². The summed E-state index contributed by atoms with van der Waals surface area (Å²) in [5, 5.41) is 22.8. The monoisotopic (exact) mass is 290 g/mol. The first kappa shape index (κ1) is 14.4. The molecule has 2 rings (SSSR count). The van der Waals surface area contributed by atoms with E-state index in [4.69, 9.17) is 0 Å². The Balaban J connectivity index is 2.41. The van der Waals surface area contributed by atoms with Crippen molar-refractivity contribution in [2.45, 2.75) is 6.92 Å². The number of phenolic OH excluding ortho intramolecular Hbond substituents is 1. The molecule has 108 valence electrons. The van der Waals surface area contributed by atoms with E-state index in [9.17, 15) is 24.4 Å². The first-order valence-electron chi connectivity index (χ1n) is 5.94. The van der Waals surface area contributed by atoms with E-state index >= 15 is 0 Å². The Labute approximate surface area is 119 Å². The molecule has 21 heavy (non-hydrogen) atoms. The number of halogens is 1. The van der Waals surface area contributed by atoms with Gasteiger partial charge in [0, 0.05) is 11.6 Å². The minimum Gasteiger partial charge on any atom is -0.505 e. The van der Waals surface area contributed by atoms with Crippen molar-refractivity contribution in [3.8, 4) is 5.75 Å². The molecule has 0 bridgehead atoms. The third-order valence-electron chi connectivity index (χ3n) is 2.90. The molecule has 2 aromatic rings. The number of nitro benzene ring substituents is 1. The second kappa shape index (κ2) is 5.58. The lowest BCUT2D eigenvalue weighted by Gasteiger charge is -2.09. The number of hydrogen-bond donors (Lipinski definition) is 2. The van der Waals surface area contributed by atoms with Crippen molar-refractivity contribution in [1.29, 1.82) is 0 Å². The first-order chi connectivity index (χ1) is 9.90. The third-order valence-corrected chi connectivity index (χ3v) is 2.90. The van der Waals surface area contributed by atoms with Crippen LogP contribution in [0.3, 0.4) is 0 Å². The van der Waals surface area contributed by atoms with Crippen LogP contribution < -0.4 is 5.32 Å². The molecule has 0 aliphatic carbocycles. The Morgan fingerprint density at radius 1 is 1.33 bits per heavy atom. The number of nitrogens with zero attached hydrogens (tertiary/aromatic N) is 1. The molecular weight excluding hydrogens is 279 g/mol. The summed E-state index contributed by atoms with van der Waals surface area (Å²) in [6, 6.07) is 7.29. The number of benzene rings is 2. The number of aryl methyl sites for hydroxylation is 1. The van der Waals surface area contributed by atoms with Crippen LogP contribution in [0.4, 0.5) is 15.8 Å². The van der Waals surface area contributed by atoms with Crippen LogP contribution in [0.1, 0.15) is 15.9 Å². The predicted molar refractivity (Wildman–Crippen MR) is 73.9 cm³/mol. The van der Waals surface area contributed by atoms with Crippen molar-refractivity contribution < 1.29 is 19.2 Å². The normalized spacial score (nSPS) is 10.2. The van der Waals surface area contributed by atoms with E-state index in [0.717, 1.165) is 12.1 Å². The van der Waals surface area contributed by atoms with Crippen molar-refractivity contribution in [2.24, 2.45) is 0 Å². The zero-order chi connectivity index (χ0) is 15.6. The molecular formula is C14H11FN2O4. The van der Waals surface area contributed by atoms with Gasteiger partial charge in [-0.25, -0.2) is 4.39 Å². The highest BCUT2D eigenvalue weighted by molar-refractivity contribution is 6.07. The maximum Gasteiger partial charge on any atom is 0.296 e. The van der Waals surface area contributed by atoms with E-state index in [2.05, 4.69) is 5.32 Å². The maximum absolute atomic E-state index is 13.2. The molecule has 0 saturated carbocycles. The highest BCUT2D eigenvalue weighted by Crippen LogP contribution is 2.33. The standard InChI is InChI=1S/C14H11FN2O4/c1-8-5-6-9(15)7-10(8)14(19)16-13-11(17(20)21)3-2-4-12(13)18/h2-7,18H,1H3,(H,16,19). The van der Waals surface area contributed by atoms with Crippen molar-refractivity contribution in [3.63, 3.8) is 0 Å². The van der Waals surface area contributed by atoms with Gasteiger partial charge in [-0.2, -0.15) is 0 Å². The molecule has 0 heterocycles. The number of para-hydroxylation sites is 1. The van der Waals surface area contributed by atoms with E-state index in [-0.39, 0.29) is 11.3 Å². The Morgan fingerprint density at radius 3 is 2.71 bits per heavy atom. The molecule has 0 atom stereocenters. The number of amides is 1. The largest absolute Gasteiger partial charge is 0.505 e. The predicted octanol–water partition coefficient (Wildman–Crippen LogP) is 3.00. The number of carbonyl (C=O) groups is 1. The zero-order valence-corrected chi connectivity index (χ0v) is 11.0. The highest BCUT2D eigenvalue weighted by atomic mass is 19.1. The van der Waals surface area contributed by atoms with Crippen LogP contribution in [-0.4, -0.2) is 15.9 Å². The molecule has 2 N–H and O–H groups in total. The number of hydrogen-bond acceptors (Lipinski definition) is 4. The molecule has 1 amide bonds. The Bertz CT molecular complexity index is 731. The first-order valence-corrected chi connectivity index (χ1v) is 5.94. The summed E-state index contributed by atoms with van der Waals surface area (Å²) in [5.41, 5.74) is -0.229. The average molecular weight is 290 g/mol. The number of nitro groups is 1. The average Bonchev–Trinajstić information content (AvgIpc) is 2.43. The summed E-state index contributed by atoms with van der Waals surface area (Å²) in [6.45, 7) is 1.60. The van der Waals surface area contributed by atoms with E-state index in [1.54, 1.807) is 6.92 Å². The van der Waals surface area contributed by atoms with Gasteiger partial charge in [0.1, 0.15) is 11.6 Å². The van der Waals surface area contributed by atoms with Crippen LogP contribution in [0.15, 0.2) is 36.4 Å². The van der Waals surface area contributed by atoms with Crippen molar-refractivity contribution in [3.05, 3.63) is 63.5 Å². The molecule has 6 nitrogen and oxygen atoms in total.